The van der Waals surface area contributed by atoms with Crippen molar-refractivity contribution in [3.05, 3.63) is 30.2 Å². The summed E-state index contributed by atoms with van der Waals surface area (Å²) in [5.74, 6) is 0.850. The van der Waals surface area contributed by atoms with Gasteiger partial charge in [0.05, 0.1) is 7.11 Å². The molecule has 0 unspecified atom stereocenters. The normalized spacial score (nSPS) is 10.5. The van der Waals surface area contributed by atoms with Gasteiger partial charge < -0.3 is 9.14 Å². The number of pyridine rings is 1. The maximum absolute atomic E-state index is 5.23. The van der Waals surface area contributed by atoms with Crippen LogP contribution in [-0.4, -0.2) is 16.5 Å². The Morgan fingerprint density at radius 1 is 1.42 bits per heavy atom. The number of aryl methyl sites for hydroxylation is 1. The van der Waals surface area contributed by atoms with Gasteiger partial charge in [-0.15, -0.1) is 0 Å². The Hall–Kier alpha value is -1.51. The van der Waals surface area contributed by atoms with Crippen molar-refractivity contribution in [3.63, 3.8) is 0 Å². The van der Waals surface area contributed by atoms with Crippen LogP contribution in [0, 0.1) is 6.92 Å². The molecule has 0 amide bonds. The molecule has 2 aromatic heterocycles. The lowest BCUT2D eigenvalue weighted by atomic mass is 10.3. The molecule has 3 nitrogen and oxygen atoms in total. The number of rotatable bonds is 1. The minimum absolute atomic E-state index is 0.850. The molecule has 0 saturated carbocycles. The second-order valence-corrected chi connectivity index (χ2v) is 2.69. The molecule has 0 N–H and O–H groups in total. The van der Waals surface area contributed by atoms with Crippen LogP contribution in [0.3, 0.4) is 0 Å². The van der Waals surface area contributed by atoms with E-state index in [0.717, 1.165) is 17.0 Å². The number of imidazole rings is 1. The highest BCUT2D eigenvalue weighted by Gasteiger charge is 2.04. The van der Waals surface area contributed by atoms with Gasteiger partial charge in [0.1, 0.15) is 0 Å². The monoisotopic (exact) mass is 162 g/mol. The Balaban J connectivity index is 2.83. The zero-order valence-electron chi connectivity index (χ0n) is 7.11. The number of hydrogen-bond donors (Lipinski definition) is 0. The van der Waals surface area contributed by atoms with Gasteiger partial charge in [-0.25, -0.2) is 4.98 Å². The molecule has 2 heterocycles. The summed E-state index contributed by atoms with van der Waals surface area (Å²) in [5.41, 5.74) is 1.98. The van der Waals surface area contributed by atoms with Gasteiger partial charge in [-0.05, 0) is 18.6 Å². The Bertz CT molecular complexity index is 406. The first-order valence-electron chi connectivity index (χ1n) is 3.79. The molecular formula is C9H10N2O. The molecule has 0 aromatic carbocycles. The van der Waals surface area contributed by atoms with E-state index in [-0.39, 0.29) is 0 Å². The van der Waals surface area contributed by atoms with Gasteiger partial charge in [0.2, 0.25) is 0 Å². The molecule has 62 valence electrons. The summed E-state index contributed by atoms with van der Waals surface area (Å²) in [6.07, 6.45) is 5.63. The largest absolute Gasteiger partial charge is 0.493 e. The summed E-state index contributed by atoms with van der Waals surface area (Å²) < 4.78 is 7.17. The average molecular weight is 162 g/mol. The van der Waals surface area contributed by atoms with Crippen LogP contribution in [0.4, 0.5) is 0 Å². The minimum Gasteiger partial charge on any atom is -0.493 e. The van der Waals surface area contributed by atoms with Crippen molar-refractivity contribution in [3.8, 4) is 5.75 Å². The number of hydrogen-bond acceptors (Lipinski definition) is 2. The average Bonchev–Trinajstić information content (AvgIpc) is 2.52. The highest BCUT2D eigenvalue weighted by Crippen LogP contribution is 2.21. The first-order valence-corrected chi connectivity index (χ1v) is 3.79. The second kappa shape index (κ2) is 2.52. The lowest BCUT2D eigenvalue weighted by Crippen LogP contribution is -1.92. The van der Waals surface area contributed by atoms with Gasteiger partial charge in [-0.1, -0.05) is 0 Å². The van der Waals surface area contributed by atoms with E-state index in [1.54, 1.807) is 13.3 Å². The van der Waals surface area contributed by atoms with Gasteiger partial charge in [-0.3, -0.25) is 0 Å². The third-order valence-electron chi connectivity index (χ3n) is 1.92. The van der Waals surface area contributed by atoms with Crippen molar-refractivity contribution in [1.29, 1.82) is 0 Å². The summed E-state index contributed by atoms with van der Waals surface area (Å²) >= 11 is 0. The molecule has 3 heteroatoms. The number of ether oxygens (including phenoxy) is 1. The van der Waals surface area contributed by atoms with Crippen molar-refractivity contribution in [2.75, 3.05) is 7.11 Å². The van der Waals surface area contributed by atoms with Crippen molar-refractivity contribution in [2.24, 2.45) is 0 Å². The topological polar surface area (TPSA) is 26.5 Å². The number of methoxy groups -OCH3 is 1. The molecule has 0 spiro atoms. The summed E-state index contributed by atoms with van der Waals surface area (Å²) in [6, 6.07) is 2.01. The second-order valence-electron chi connectivity index (χ2n) is 2.69. The predicted molar refractivity (Wildman–Crippen MR) is 46.5 cm³/mol. The fourth-order valence-corrected chi connectivity index (χ4v) is 1.31. The lowest BCUT2D eigenvalue weighted by Gasteiger charge is -2.04. The van der Waals surface area contributed by atoms with Crippen LogP contribution in [0.1, 0.15) is 5.56 Å². The van der Waals surface area contributed by atoms with E-state index in [4.69, 9.17) is 4.74 Å². The number of fused-ring (bicyclic) bond motifs is 1. The first-order chi connectivity index (χ1) is 5.83. The SMILES string of the molecule is COc1c(C)ccn2ccnc12. The van der Waals surface area contributed by atoms with E-state index in [0.29, 0.717) is 0 Å². The molecule has 0 radical (unpaired) electrons. The molecule has 12 heavy (non-hydrogen) atoms. The van der Waals surface area contributed by atoms with Crippen molar-refractivity contribution >= 4 is 5.65 Å². The molecular weight excluding hydrogens is 152 g/mol. The van der Waals surface area contributed by atoms with Gasteiger partial charge in [0, 0.05) is 18.6 Å². The Kier molecular flexibility index (Phi) is 1.50. The van der Waals surface area contributed by atoms with Crippen LogP contribution < -0.4 is 4.74 Å². The Morgan fingerprint density at radius 2 is 2.25 bits per heavy atom. The summed E-state index contributed by atoms with van der Waals surface area (Å²) in [7, 11) is 1.66. The quantitative estimate of drug-likeness (QED) is 0.637. The Morgan fingerprint density at radius 3 is 3.00 bits per heavy atom. The van der Waals surface area contributed by atoms with Crippen LogP contribution in [0.5, 0.6) is 5.75 Å². The van der Waals surface area contributed by atoms with E-state index in [1.807, 2.05) is 29.8 Å². The molecule has 0 aliphatic rings. The van der Waals surface area contributed by atoms with Gasteiger partial charge in [-0.2, -0.15) is 0 Å². The highest BCUT2D eigenvalue weighted by molar-refractivity contribution is 5.57. The first kappa shape index (κ1) is 7.16. The van der Waals surface area contributed by atoms with Crippen LogP contribution in [0.15, 0.2) is 24.7 Å². The van der Waals surface area contributed by atoms with Crippen molar-refractivity contribution < 1.29 is 4.74 Å². The zero-order valence-corrected chi connectivity index (χ0v) is 7.11. The minimum atomic E-state index is 0.850. The maximum Gasteiger partial charge on any atom is 0.179 e. The van der Waals surface area contributed by atoms with Crippen molar-refractivity contribution in [2.45, 2.75) is 6.92 Å². The zero-order chi connectivity index (χ0) is 8.55. The maximum atomic E-state index is 5.23. The molecule has 0 saturated heterocycles. The molecule has 2 aromatic rings. The van der Waals surface area contributed by atoms with E-state index >= 15 is 0 Å². The van der Waals surface area contributed by atoms with E-state index < -0.39 is 0 Å². The van der Waals surface area contributed by atoms with E-state index in [2.05, 4.69) is 4.98 Å². The molecule has 0 bridgehead atoms. The van der Waals surface area contributed by atoms with E-state index in [1.165, 1.54) is 0 Å². The Labute approximate surface area is 70.6 Å². The lowest BCUT2D eigenvalue weighted by molar-refractivity contribution is 0.414. The van der Waals surface area contributed by atoms with E-state index in [9.17, 15) is 0 Å². The summed E-state index contributed by atoms with van der Waals surface area (Å²) in [4.78, 5) is 4.19. The van der Waals surface area contributed by atoms with Gasteiger partial charge in [0.15, 0.2) is 11.4 Å². The molecule has 0 aliphatic carbocycles. The summed E-state index contributed by atoms with van der Waals surface area (Å²) in [6.45, 7) is 2.01. The van der Waals surface area contributed by atoms with Gasteiger partial charge >= 0.3 is 0 Å². The van der Waals surface area contributed by atoms with Crippen LogP contribution in [0.2, 0.25) is 0 Å². The number of nitrogens with zero attached hydrogens (tertiary/aromatic N) is 2. The van der Waals surface area contributed by atoms with Crippen LogP contribution >= 0.6 is 0 Å². The van der Waals surface area contributed by atoms with Crippen LogP contribution in [-0.2, 0) is 0 Å². The molecule has 0 fully saturated rings. The van der Waals surface area contributed by atoms with Crippen LogP contribution in [0.25, 0.3) is 5.65 Å². The predicted octanol–water partition coefficient (Wildman–Crippen LogP) is 1.65. The third-order valence-corrected chi connectivity index (χ3v) is 1.92. The van der Waals surface area contributed by atoms with Gasteiger partial charge in [0.25, 0.3) is 0 Å². The molecule has 0 atom stereocenters. The standard InChI is InChI=1S/C9H10N2O/c1-7-3-5-11-6-4-10-9(11)8(7)12-2/h3-6H,1-2H3. The number of aromatic nitrogens is 2. The fourth-order valence-electron chi connectivity index (χ4n) is 1.31. The molecule has 2 rings (SSSR count). The fraction of sp³-hybridized carbons (Fsp3) is 0.222. The molecule has 0 aliphatic heterocycles. The highest BCUT2D eigenvalue weighted by atomic mass is 16.5. The van der Waals surface area contributed by atoms with Crippen molar-refractivity contribution in [1.82, 2.24) is 9.38 Å². The smallest absolute Gasteiger partial charge is 0.179 e. The summed E-state index contributed by atoms with van der Waals surface area (Å²) in [5, 5.41) is 0. The third kappa shape index (κ3) is 0.863.